The summed E-state index contributed by atoms with van der Waals surface area (Å²) in [7, 11) is 1.67. The summed E-state index contributed by atoms with van der Waals surface area (Å²) >= 11 is 0. The third kappa shape index (κ3) is 4.00. The van der Waals surface area contributed by atoms with Gasteiger partial charge in [-0.05, 0) is 60.4 Å². The van der Waals surface area contributed by atoms with Gasteiger partial charge in [0, 0.05) is 36.7 Å². The molecule has 2 aliphatic rings. The molecule has 5 nitrogen and oxygen atoms in total. The van der Waals surface area contributed by atoms with Gasteiger partial charge in [0.2, 0.25) is 0 Å². The van der Waals surface area contributed by atoms with Crippen molar-refractivity contribution < 1.29 is 14.3 Å². The summed E-state index contributed by atoms with van der Waals surface area (Å²) in [6.45, 7) is 0. The van der Waals surface area contributed by atoms with Gasteiger partial charge in [0.15, 0.2) is 0 Å². The SMILES string of the molecule is COc1cccc(-c2ccc(C(=O)N3C4CCC3CC(Oc3cccnc3)C4)cc2)c1. The molecule has 0 spiro atoms. The molecule has 3 heterocycles. The Morgan fingerprint density at radius 2 is 1.68 bits per heavy atom. The van der Waals surface area contributed by atoms with E-state index in [-0.39, 0.29) is 24.1 Å². The number of benzene rings is 2. The van der Waals surface area contributed by atoms with Crippen molar-refractivity contribution in [2.24, 2.45) is 0 Å². The van der Waals surface area contributed by atoms with Crippen LogP contribution in [0.15, 0.2) is 73.1 Å². The summed E-state index contributed by atoms with van der Waals surface area (Å²) in [5, 5.41) is 0. The van der Waals surface area contributed by atoms with Gasteiger partial charge in [-0.15, -0.1) is 0 Å². The van der Waals surface area contributed by atoms with Gasteiger partial charge in [0.05, 0.1) is 13.3 Å². The maximum Gasteiger partial charge on any atom is 0.254 e. The van der Waals surface area contributed by atoms with Crippen LogP contribution in [-0.2, 0) is 0 Å². The molecule has 5 rings (SSSR count). The lowest BCUT2D eigenvalue weighted by Gasteiger charge is -2.39. The molecule has 31 heavy (non-hydrogen) atoms. The molecule has 2 atom stereocenters. The van der Waals surface area contributed by atoms with Gasteiger partial charge in [0.1, 0.15) is 17.6 Å². The number of methoxy groups -OCH3 is 1. The molecular weight excluding hydrogens is 388 g/mol. The lowest BCUT2D eigenvalue weighted by Crippen LogP contribution is -2.49. The smallest absolute Gasteiger partial charge is 0.254 e. The topological polar surface area (TPSA) is 51.7 Å². The number of hydrogen-bond acceptors (Lipinski definition) is 4. The Morgan fingerprint density at radius 1 is 0.935 bits per heavy atom. The third-order valence-corrected chi connectivity index (χ3v) is 6.40. The lowest BCUT2D eigenvalue weighted by molar-refractivity contribution is 0.0358. The van der Waals surface area contributed by atoms with E-state index in [9.17, 15) is 4.79 Å². The fourth-order valence-corrected chi connectivity index (χ4v) is 4.92. The molecule has 0 radical (unpaired) electrons. The number of aromatic nitrogens is 1. The second kappa shape index (κ2) is 8.42. The van der Waals surface area contributed by atoms with Gasteiger partial charge in [-0.3, -0.25) is 9.78 Å². The summed E-state index contributed by atoms with van der Waals surface area (Å²) < 4.78 is 11.5. The van der Waals surface area contributed by atoms with Gasteiger partial charge in [-0.2, -0.15) is 0 Å². The Balaban J connectivity index is 1.28. The quantitative estimate of drug-likeness (QED) is 0.591. The Labute approximate surface area is 182 Å². The first-order chi connectivity index (χ1) is 15.2. The summed E-state index contributed by atoms with van der Waals surface area (Å²) in [6, 6.07) is 20.2. The van der Waals surface area contributed by atoms with E-state index in [4.69, 9.17) is 9.47 Å². The van der Waals surface area contributed by atoms with E-state index < -0.39 is 0 Å². The molecule has 2 fully saturated rings. The van der Waals surface area contributed by atoms with E-state index in [1.165, 1.54) is 0 Å². The van der Waals surface area contributed by atoms with Gasteiger partial charge in [-0.25, -0.2) is 0 Å². The molecule has 0 aliphatic carbocycles. The van der Waals surface area contributed by atoms with Crippen LogP contribution >= 0.6 is 0 Å². The van der Waals surface area contributed by atoms with Crippen LogP contribution < -0.4 is 9.47 Å². The zero-order chi connectivity index (χ0) is 21.2. The number of ether oxygens (including phenoxy) is 2. The van der Waals surface area contributed by atoms with E-state index >= 15 is 0 Å². The summed E-state index contributed by atoms with van der Waals surface area (Å²) in [4.78, 5) is 19.6. The summed E-state index contributed by atoms with van der Waals surface area (Å²) in [5.74, 6) is 1.76. The van der Waals surface area contributed by atoms with Crippen molar-refractivity contribution in [3.63, 3.8) is 0 Å². The van der Waals surface area contributed by atoms with Crippen LogP contribution in [0.3, 0.4) is 0 Å². The number of hydrogen-bond donors (Lipinski definition) is 0. The highest BCUT2D eigenvalue weighted by Gasteiger charge is 2.44. The van der Waals surface area contributed by atoms with Crippen LogP contribution in [0.2, 0.25) is 0 Å². The highest BCUT2D eigenvalue weighted by Crippen LogP contribution is 2.38. The standard InChI is InChI=1S/C26H26N2O3/c1-30-23-5-2-4-20(14-23)18-7-9-19(10-8-18)26(29)28-21-11-12-22(28)16-25(15-21)31-24-6-3-13-27-17-24/h2-10,13-14,17,21-22,25H,11-12,15-16H2,1H3. The third-order valence-electron chi connectivity index (χ3n) is 6.40. The number of amides is 1. The van der Waals surface area contributed by atoms with Crippen molar-refractivity contribution in [1.82, 2.24) is 9.88 Å². The van der Waals surface area contributed by atoms with Crippen LogP contribution in [0, 0.1) is 0 Å². The van der Waals surface area contributed by atoms with E-state index in [0.29, 0.717) is 0 Å². The molecule has 0 saturated carbocycles. The Morgan fingerprint density at radius 3 is 2.35 bits per heavy atom. The lowest BCUT2D eigenvalue weighted by atomic mass is 9.97. The maximum atomic E-state index is 13.3. The molecule has 2 unspecified atom stereocenters. The van der Waals surface area contributed by atoms with E-state index in [2.05, 4.69) is 9.88 Å². The van der Waals surface area contributed by atoms with Gasteiger partial charge in [0.25, 0.3) is 5.91 Å². The average molecular weight is 415 g/mol. The molecule has 2 saturated heterocycles. The first-order valence-corrected chi connectivity index (χ1v) is 10.8. The fourth-order valence-electron chi connectivity index (χ4n) is 4.92. The summed E-state index contributed by atoms with van der Waals surface area (Å²) in [5.41, 5.74) is 2.89. The fraction of sp³-hybridized carbons (Fsp3) is 0.308. The molecule has 2 aliphatic heterocycles. The molecule has 2 aromatic carbocycles. The van der Waals surface area contributed by atoms with E-state index in [1.54, 1.807) is 19.5 Å². The van der Waals surface area contributed by atoms with Crippen LogP contribution in [0.1, 0.15) is 36.0 Å². The second-order valence-corrected chi connectivity index (χ2v) is 8.31. The molecule has 3 aromatic rings. The largest absolute Gasteiger partial charge is 0.497 e. The number of fused-ring (bicyclic) bond motifs is 2. The van der Waals surface area contributed by atoms with Crippen molar-refractivity contribution in [3.05, 3.63) is 78.6 Å². The zero-order valence-electron chi connectivity index (χ0n) is 17.6. The Kier molecular flexibility index (Phi) is 5.33. The summed E-state index contributed by atoms with van der Waals surface area (Å²) in [6.07, 6.45) is 7.48. The van der Waals surface area contributed by atoms with Crippen molar-refractivity contribution in [1.29, 1.82) is 0 Å². The van der Waals surface area contributed by atoms with Crippen molar-refractivity contribution in [2.45, 2.75) is 43.9 Å². The van der Waals surface area contributed by atoms with Crippen LogP contribution in [0.4, 0.5) is 0 Å². The maximum absolute atomic E-state index is 13.3. The molecule has 2 bridgehead atoms. The minimum atomic E-state index is 0.129. The van der Waals surface area contributed by atoms with Crippen LogP contribution in [0.25, 0.3) is 11.1 Å². The average Bonchev–Trinajstić information content (AvgIpc) is 3.09. The number of pyridine rings is 1. The molecule has 1 amide bonds. The second-order valence-electron chi connectivity index (χ2n) is 8.31. The van der Waals surface area contributed by atoms with Gasteiger partial charge < -0.3 is 14.4 Å². The Hall–Kier alpha value is -3.34. The van der Waals surface area contributed by atoms with E-state index in [0.717, 1.165) is 53.9 Å². The minimum Gasteiger partial charge on any atom is -0.497 e. The van der Waals surface area contributed by atoms with Crippen molar-refractivity contribution in [2.75, 3.05) is 7.11 Å². The molecule has 5 heteroatoms. The predicted octanol–water partition coefficient (Wildman–Crippen LogP) is 4.97. The first kappa shape index (κ1) is 19.6. The Bertz CT molecular complexity index is 1040. The highest BCUT2D eigenvalue weighted by molar-refractivity contribution is 5.95. The number of nitrogens with zero attached hydrogens (tertiary/aromatic N) is 2. The highest BCUT2D eigenvalue weighted by atomic mass is 16.5. The predicted molar refractivity (Wildman–Crippen MR) is 119 cm³/mol. The minimum absolute atomic E-state index is 0.129. The molecule has 158 valence electrons. The zero-order valence-corrected chi connectivity index (χ0v) is 17.6. The molecule has 0 N–H and O–H groups in total. The monoisotopic (exact) mass is 414 g/mol. The molecule has 1 aromatic heterocycles. The van der Waals surface area contributed by atoms with Crippen LogP contribution in [0.5, 0.6) is 11.5 Å². The normalized spacial score (nSPS) is 22.2. The van der Waals surface area contributed by atoms with Gasteiger partial charge in [-0.1, -0.05) is 24.3 Å². The van der Waals surface area contributed by atoms with E-state index in [1.807, 2.05) is 60.7 Å². The van der Waals surface area contributed by atoms with Crippen LogP contribution in [-0.4, -0.2) is 41.1 Å². The number of rotatable bonds is 5. The van der Waals surface area contributed by atoms with Gasteiger partial charge >= 0.3 is 0 Å². The number of piperidine rings is 1. The molecular formula is C26H26N2O3. The van der Waals surface area contributed by atoms with Crippen molar-refractivity contribution >= 4 is 5.91 Å². The number of carbonyl (C=O) groups is 1. The first-order valence-electron chi connectivity index (χ1n) is 10.8. The number of carbonyl (C=O) groups excluding carboxylic acids is 1. The van der Waals surface area contributed by atoms with Crippen molar-refractivity contribution in [3.8, 4) is 22.6 Å².